The molecule has 3 heterocycles. The quantitative estimate of drug-likeness (QED) is 0.707. The van der Waals surface area contributed by atoms with Gasteiger partial charge in [0.1, 0.15) is 0 Å². The number of carbonyl (C=O) groups excluding carboxylic acids is 1. The molecule has 1 saturated heterocycles. The summed E-state index contributed by atoms with van der Waals surface area (Å²) < 4.78 is 25.8. The van der Waals surface area contributed by atoms with Gasteiger partial charge in [0.25, 0.3) is 5.91 Å². The van der Waals surface area contributed by atoms with E-state index in [0.717, 1.165) is 29.6 Å². The number of pyridine rings is 1. The molecule has 1 aliphatic heterocycles. The van der Waals surface area contributed by atoms with Crippen molar-refractivity contribution in [3.05, 3.63) is 23.5 Å². The molecule has 0 unspecified atom stereocenters. The molecular weight excluding hydrogens is 378 g/mol. The molecule has 8 nitrogen and oxygen atoms in total. The minimum Gasteiger partial charge on any atom is -0.268 e. The molecule has 28 heavy (non-hydrogen) atoms. The third-order valence-corrected chi connectivity index (χ3v) is 7.25. The van der Waals surface area contributed by atoms with Crippen molar-refractivity contribution >= 4 is 26.8 Å². The van der Waals surface area contributed by atoms with Crippen LogP contribution < -0.4 is 0 Å². The van der Waals surface area contributed by atoms with Gasteiger partial charge in [-0.25, -0.2) is 23.1 Å². The molecule has 0 bridgehead atoms. The summed E-state index contributed by atoms with van der Waals surface area (Å²) in [6, 6.07) is 1.67. The lowest BCUT2D eigenvalue weighted by Crippen LogP contribution is -2.49. The molecule has 1 aliphatic carbocycles. The van der Waals surface area contributed by atoms with Crippen molar-refractivity contribution in [3.8, 4) is 0 Å². The molecule has 0 radical (unpaired) electrons. The van der Waals surface area contributed by atoms with E-state index >= 15 is 0 Å². The van der Waals surface area contributed by atoms with Crippen molar-refractivity contribution in [1.29, 1.82) is 0 Å². The zero-order chi connectivity index (χ0) is 20.2. The normalized spacial score (nSPS) is 21.7. The van der Waals surface area contributed by atoms with Crippen LogP contribution in [-0.2, 0) is 9.84 Å². The molecule has 1 amide bonds. The maximum Gasteiger partial charge on any atom is 0.269 e. The first-order chi connectivity index (χ1) is 13.2. The van der Waals surface area contributed by atoms with Crippen LogP contribution in [0.1, 0.15) is 61.1 Å². The third kappa shape index (κ3) is 3.41. The van der Waals surface area contributed by atoms with Crippen LogP contribution >= 0.6 is 0 Å². The highest BCUT2D eigenvalue weighted by atomic mass is 32.2. The standard InChI is InChI=1S/C19H27N5O3S/c1-12(2)23-18-16(10-20-23)15(9-17(21-18)13-5-6-13)19(25)24(22(3)4)14-7-8-28(26,27)11-14/h9-10,12-14H,5-8,11H2,1-4H3/t14-/m0/s1. The van der Waals surface area contributed by atoms with Crippen LogP contribution in [0, 0.1) is 0 Å². The number of carbonyl (C=O) groups is 1. The Kier molecular flexibility index (Phi) is 4.70. The molecule has 2 fully saturated rings. The van der Waals surface area contributed by atoms with Gasteiger partial charge >= 0.3 is 0 Å². The highest BCUT2D eigenvalue weighted by molar-refractivity contribution is 7.91. The third-order valence-electron chi connectivity index (χ3n) is 5.50. The van der Waals surface area contributed by atoms with Crippen LogP contribution in [0.3, 0.4) is 0 Å². The Balaban J connectivity index is 1.81. The smallest absolute Gasteiger partial charge is 0.268 e. The summed E-state index contributed by atoms with van der Waals surface area (Å²) in [4.78, 5) is 18.4. The van der Waals surface area contributed by atoms with E-state index in [9.17, 15) is 13.2 Å². The lowest BCUT2D eigenvalue weighted by Gasteiger charge is -2.34. The van der Waals surface area contributed by atoms with E-state index in [1.165, 1.54) is 0 Å². The summed E-state index contributed by atoms with van der Waals surface area (Å²) in [6.07, 6.45) is 4.33. The Hall–Kier alpha value is -2.00. The van der Waals surface area contributed by atoms with Gasteiger partial charge in [0, 0.05) is 31.7 Å². The predicted octanol–water partition coefficient (Wildman–Crippen LogP) is 2.00. The molecule has 0 spiro atoms. The van der Waals surface area contributed by atoms with Crippen LogP contribution in [0.25, 0.3) is 11.0 Å². The van der Waals surface area contributed by atoms with E-state index in [1.54, 1.807) is 30.3 Å². The number of sulfone groups is 1. The number of nitrogens with zero attached hydrogens (tertiary/aromatic N) is 5. The fourth-order valence-electron chi connectivity index (χ4n) is 3.95. The van der Waals surface area contributed by atoms with Gasteiger partial charge in [-0.2, -0.15) is 5.10 Å². The molecule has 152 valence electrons. The molecule has 2 aromatic rings. The van der Waals surface area contributed by atoms with Gasteiger partial charge in [-0.15, -0.1) is 0 Å². The van der Waals surface area contributed by atoms with Crippen LogP contribution in [-0.4, -0.2) is 70.8 Å². The number of aromatic nitrogens is 3. The minimum absolute atomic E-state index is 0.00584. The largest absolute Gasteiger partial charge is 0.269 e. The van der Waals surface area contributed by atoms with E-state index in [2.05, 4.69) is 5.10 Å². The zero-order valence-corrected chi connectivity index (χ0v) is 17.6. The summed E-state index contributed by atoms with van der Waals surface area (Å²) in [6.45, 7) is 4.07. The number of hydrogen-bond donors (Lipinski definition) is 0. The average Bonchev–Trinajstić information content (AvgIpc) is 3.27. The van der Waals surface area contributed by atoms with E-state index in [1.807, 2.05) is 24.6 Å². The zero-order valence-electron chi connectivity index (χ0n) is 16.8. The van der Waals surface area contributed by atoms with Gasteiger partial charge in [-0.05, 0) is 39.2 Å². The molecule has 4 rings (SSSR count). The fourth-order valence-corrected chi connectivity index (χ4v) is 5.64. The molecule has 0 N–H and O–H groups in total. The van der Waals surface area contributed by atoms with Gasteiger partial charge in [0.15, 0.2) is 15.5 Å². The van der Waals surface area contributed by atoms with Gasteiger partial charge in [0.2, 0.25) is 0 Å². The second-order valence-electron chi connectivity index (χ2n) is 8.34. The van der Waals surface area contributed by atoms with E-state index in [-0.39, 0.29) is 29.5 Å². The maximum absolute atomic E-state index is 13.6. The van der Waals surface area contributed by atoms with Crippen molar-refractivity contribution in [2.75, 3.05) is 25.6 Å². The number of fused-ring (bicyclic) bond motifs is 1. The number of hydrazine groups is 1. The van der Waals surface area contributed by atoms with E-state index in [4.69, 9.17) is 4.98 Å². The van der Waals surface area contributed by atoms with Gasteiger partial charge in [-0.3, -0.25) is 9.80 Å². The van der Waals surface area contributed by atoms with E-state index in [0.29, 0.717) is 17.9 Å². The van der Waals surface area contributed by atoms with Crippen molar-refractivity contribution in [2.45, 2.75) is 51.1 Å². The summed E-state index contributed by atoms with van der Waals surface area (Å²) in [5, 5.41) is 8.46. The highest BCUT2D eigenvalue weighted by Gasteiger charge is 2.37. The summed E-state index contributed by atoms with van der Waals surface area (Å²) in [7, 11) is 0.456. The minimum atomic E-state index is -3.10. The molecular formula is C19H27N5O3S. The lowest BCUT2D eigenvalue weighted by molar-refractivity contribution is 0.00118. The fraction of sp³-hybridized carbons (Fsp3) is 0.632. The van der Waals surface area contributed by atoms with E-state index < -0.39 is 9.84 Å². The van der Waals surface area contributed by atoms with Crippen LogP contribution in [0.2, 0.25) is 0 Å². The molecule has 1 atom stereocenters. The Morgan fingerprint density at radius 1 is 1.25 bits per heavy atom. The second kappa shape index (κ2) is 6.81. The Morgan fingerprint density at radius 2 is 1.96 bits per heavy atom. The van der Waals surface area contributed by atoms with Crippen molar-refractivity contribution in [1.82, 2.24) is 24.8 Å². The van der Waals surface area contributed by atoms with Crippen LogP contribution in [0.15, 0.2) is 12.3 Å². The first-order valence-electron chi connectivity index (χ1n) is 9.77. The Morgan fingerprint density at radius 3 is 2.50 bits per heavy atom. The average molecular weight is 406 g/mol. The van der Waals surface area contributed by atoms with Crippen LogP contribution in [0.4, 0.5) is 0 Å². The Labute approximate surface area is 165 Å². The van der Waals surface area contributed by atoms with Crippen LogP contribution in [0.5, 0.6) is 0 Å². The van der Waals surface area contributed by atoms with Gasteiger partial charge in [0.05, 0.1) is 34.7 Å². The summed E-state index contributed by atoms with van der Waals surface area (Å²) in [5.41, 5.74) is 2.20. The van der Waals surface area contributed by atoms with Crippen molar-refractivity contribution in [2.24, 2.45) is 0 Å². The molecule has 0 aromatic carbocycles. The predicted molar refractivity (Wildman–Crippen MR) is 107 cm³/mol. The topological polar surface area (TPSA) is 88.4 Å². The number of hydrogen-bond acceptors (Lipinski definition) is 6. The lowest BCUT2D eigenvalue weighted by atomic mass is 10.1. The molecule has 1 saturated carbocycles. The maximum atomic E-state index is 13.6. The summed E-state index contributed by atoms with van der Waals surface area (Å²) in [5.74, 6) is 0.335. The van der Waals surface area contributed by atoms with Crippen molar-refractivity contribution < 1.29 is 13.2 Å². The Bertz CT molecular complexity index is 1020. The van der Waals surface area contributed by atoms with Gasteiger partial charge in [-0.1, -0.05) is 0 Å². The SMILES string of the molecule is CC(C)n1ncc2c(C(=O)N([C@H]3CCS(=O)(=O)C3)N(C)C)cc(C3CC3)nc21. The first-order valence-corrected chi connectivity index (χ1v) is 11.6. The first kappa shape index (κ1) is 19.3. The second-order valence-corrected chi connectivity index (χ2v) is 10.6. The van der Waals surface area contributed by atoms with Crippen molar-refractivity contribution in [3.63, 3.8) is 0 Å². The molecule has 2 aromatic heterocycles. The summed E-state index contributed by atoms with van der Waals surface area (Å²) >= 11 is 0. The molecule has 2 aliphatic rings. The number of rotatable bonds is 5. The monoisotopic (exact) mass is 405 g/mol. The molecule has 9 heteroatoms. The number of amides is 1. The van der Waals surface area contributed by atoms with Gasteiger partial charge < -0.3 is 0 Å². The highest BCUT2D eigenvalue weighted by Crippen LogP contribution is 2.40.